The molecule has 0 aliphatic heterocycles. The average Bonchev–Trinajstić information content (AvgIpc) is 2.64. The third-order valence-electron chi connectivity index (χ3n) is 1.71. The molecule has 0 radical (unpaired) electrons. The number of carbonyl (C=O) groups excluding carboxylic acids is 1. The van der Waals surface area contributed by atoms with Gasteiger partial charge in [-0.1, -0.05) is 5.16 Å². The molecule has 1 aromatic heterocycles. The van der Waals surface area contributed by atoms with Crippen LogP contribution in [0.15, 0.2) is 10.6 Å². The van der Waals surface area contributed by atoms with Crippen molar-refractivity contribution < 1.29 is 32.4 Å². The molecule has 0 amide bonds. The first-order valence-corrected chi connectivity index (χ1v) is 6.12. The Kier molecular flexibility index (Phi) is 3.84. The molecule has 1 N–H and O–H groups in total. The fraction of sp³-hybridized carbons (Fsp3) is 0.375. The third-order valence-corrected chi connectivity index (χ3v) is 3.11. The molecule has 0 saturated carbocycles. The van der Waals surface area contributed by atoms with Gasteiger partial charge < -0.3 is 14.4 Å². The predicted octanol–water partition coefficient (Wildman–Crippen LogP) is -0.539. The van der Waals surface area contributed by atoms with Gasteiger partial charge in [-0.25, -0.2) is 13.2 Å². The minimum Gasteiger partial charge on any atom is -0.476 e. The molecule has 1 rings (SSSR count). The Balaban J connectivity index is 2.76. The van der Waals surface area contributed by atoms with Crippen LogP contribution in [-0.4, -0.2) is 43.5 Å². The smallest absolute Gasteiger partial charge is 0.358 e. The number of carboxylic acids is 1. The number of hydrogen-bond acceptors (Lipinski definition) is 7. The Morgan fingerprint density at radius 1 is 1.53 bits per heavy atom. The van der Waals surface area contributed by atoms with E-state index in [9.17, 15) is 18.0 Å². The number of ether oxygens (including phenoxy) is 1. The number of carbonyl (C=O) groups is 2. The Labute approximate surface area is 96.1 Å². The van der Waals surface area contributed by atoms with Gasteiger partial charge in [-0.3, -0.25) is 4.79 Å². The van der Waals surface area contributed by atoms with Crippen LogP contribution in [0.25, 0.3) is 0 Å². The molecule has 0 bridgehead atoms. The van der Waals surface area contributed by atoms with E-state index >= 15 is 0 Å². The number of aromatic carboxylic acids is 1. The summed E-state index contributed by atoms with van der Waals surface area (Å²) in [4.78, 5) is 21.2. The first-order valence-electron chi connectivity index (χ1n) is 4.30. The summed E-state index contributed by atoms with van der Waals surface area (Å²) in [6.45, 7) is 0. The molecule has 1 heterocycles. The van der Waals surface area contributed by atoms with Gasteiger partial charge in [0.05, 0.1) is 7.11 Å². The number of sulfone groups is 1. The van der Waals surface area contributed by atoms with Crippen molar-refractivity contribution in [3.05, 3.63) is 17.5 Å². The van der Waals surface area contributed by atoms with Crippen molar-refractivity contribution >= 4 is 21.8 Å². The second-order valence-corrected chi connectivity index (χ2v) is 5.16. The molecule has 1 aromatic rings. The van der Waals surface area contributed by atoms with Crippen LogP contribution in [0.3, 0.4) is 0 Å². The normalized spacial score (nSPS) is 11.1. The van der Waals surface area contributed by atoms with Crippen LogP contribution in [0.2, 0.25) is 0 Å². The molecule has 17 heavy (non-hydrogen) atoms. The van der Waals surface area contributed by atoms with Gasteiger partial charge in [-0.15, -0.1) is 0 Å². The summed E-state index contributed by atoms with van der Waals surface area (Å²) in [5.74, 6) is -3.78. The quantitative estimate of drug-likeness (QED) is 0.702. The monoisotopic (exact) mass is 263 g/mol. The van der Waals surface area contributed by atoms with E-state index in [1.54, 1.807) is 0 Å². The number of rotatable bonds is 5. The molecule has 0 fully saturated rings. The molecule has 0 aliphatic rings. The summed E-state index contributed by atoms with van der Waals surface area (Å²) in [6, 6.07) is 0.983. The first kappa shape index (κ1) is 13.2. The lowest BCUT2D eigenvalue weighted by Gasteiger charge is -1.99. The highest BCUT2D eigenvalue weighted by Crippen LogP contribution is 2.09. The molecule has 0 saturated heterocycles. The molecular weight excluding hydrogens is 254 g/mol. The van der Waals surface area contributed by atoms with E-state index in [0.29, 0.717) is 0 Å². The van der Waals surface area contributed by atoms with Crippen molar-refractivity contribution in [1.82, 2.24) is 5.16 Å². The Morgan fingerprint density at radius 2 is 2.18 bits per heavy atom. The van der Waals surface area contributed by atoms with Gasteiger partial charge in [0, 0.05) is 6.07 Å². The highest BCUT2D eigenvalue weighted by Gasteiger charge is 2.21. The van der Waals surface area contributed by atoms with Gasteiger partial charge in [-0.05, 0) is 0 Å². The van der Waals surface area contributed by atoms with Crippen LogP contribution < -0.4 is 0 Å². The highest BCUT2D eigenvalue weighted by molar-refractivity contribution is 7.91. The Bertz CT molecular complexity index is 530. The molecule has 94 valence electrons. The SMILES string of the molecule is COC(=O)CS(=O)(=O)Cc1cc(C(=O)O)no1. The summed E-state index contributed by atoms with van der Waals surface area (Å²) in [6.07, 6.45) is 0. The molecule has 0 aromatic carbocycles. The van der Waals surface area contributed by atoms with Crippen LogP contribution in [0.4, 0.5) is 0 Å². The zero-order valence-corrected chi connectivity index (χ0v) is 9.56. The van der Waals surface area contributed by atoms with Crippen molar-refractivity contribution in [2.75, 3.05) is 12.9 Å². The maximum Gasteiger partial charge on any atom is 0.358 e. The maximum atomic E-state index is 11.4. The maximum absolute atomic E-state index is 11.4. The second-order valence-electron chi connectivity index (χ2n) is 3.09. The molecule has 8 nitrogen and oxygen atoms in total. The summed E-state index contributed by atoms with van der Waals surface area (Å²) < 4.78 is 31.5. The Morgan fingerprint density at radius 3 is 2.65 bits per heavy atom. The Hall–Kier alpha value is -1.90. The molecule has 0 aliphatic carbocycles. The number of hydrogen-bond donors (Lipinski definition) is 1. The second kappa shape index (κ2) is 4.95. The summed E-state index contributed by atoms with van der Waals surface area (Å²) in [5, 5.41) is 11.7. The molecule has 0 atom stereocenters. The van der Waals surface area contributed by atoms with Gasteiger partial charge in [-0.2, -0.15) is 0 Å². The van der Waals surface area contributed by atoms with E-state index < -0.39 is 39.0 Å². The van der Waals surface area contributed by atoms with Gasteiger partial charge in [0.15, 0.2) is 21.3 Å². The zero-order valence-electron chi connectivity index (χ0n) is 8.74. The van der Waals surface area contributed by atoms with Crippen LogP contribution in [0.1, 0.15) is 16.2 Å². The van der Waals surface area contributed by atoms with Crippen LogP contribution >= 0.6 is 0 Å². The van der Waals surface area contributed by atoms with Crippen molar-refractivity contribution in [3.63, 3.8) is 0 Å². The third kappa shape index (κ3) is 3.87. The van der Waals surface area contributed by atoms with E-state index in [1.807, 2.05) is 0 Å². The van der Waals surface area contributed by atoms with Crippen molar-refractivity contribution in [2.24, 2.45) is 0 Å². The van der Waals surface area contributed by atoms with E-state index in [-0.39, 0.29) is 5.76 Å². The number of nitrogens with zero attached hydrogens (tertiary/aromatic N) is 1. The summed E-state index contributed by atoms with van der Waals surface area (Å²) in [5.41, 5.74) is -0.395. The molecule has 0 unspecified atom stereocenters. The lowest BCUT2D eigenvalue weighted by Crippen LogP contribution is -2.18. The van der Waals surface area contributed by atoms with Crippen LogP contribution in [0, 0.1) is 0 Å². The van der Waals surface area contributed by atoms with Crippen LogP contribution in [0.5, 0.6) is 0 Å². The van der Waals surface area contributed by atoms with Gasteiger partial charge >= 0.3 is 11.9 Å². The van der Waals surface area contributed by atoms with E-state index in [2.05, 4.69) is 14.4 Å². The highest BCUT2D eigenvalue weighted by atomic mass is 32.2. The van der Waals surface area contributed by atoms with Crippen LogP contribution in [-0.2, 0) is 25.1 Å². The lowest BCUT2D eigenvalue weighted by molar-refractivity contribution is -0.137. The molecule has 0 spiro atoms. The fourth-order valence-corrected chi connectivity index (χ4v) is 2.14. The molecular formula is C8H9NO7S. The minimum atomic E-state index is -3.76. The molecule has 9 heteroatoms. The predicted molar refractivity (Wildman–Crippen MR) is 53.0 cm³/mol. The number of carboxylic acid groups (broad SMARTS) is 1. The van der Waals surface area contributed by atoms with E-state index in [1.165, 1.54) is 0 Å². The summed E-state index contributed by atoms with van der Waals surface area (Å²) >= 11 is 0. The number of aromatic nitrogens is 1. The first-order chi connectivity index (χ1) is 7.84. The topological polar surface area (TPSA) is 124 Å². The fourth-order valence-electron chi connectivity index (χ4n) is 0.988. The number of methoxy groups -OCH3 is 1. The zero-order chi connectivity index (χ0) is 13.1. The number of esters is 1. The standard InChI is InChI=1S/C8H9NO7S/c1-15-7(10)4-17(13,14)3-5-2-6(8(11)12)9-16-5/h2H,3-4H2,1H3,(H,11,12). The lowest BCUT2D eigenvalue weighted by atomic mass is 10.4. The van der Waals surface area contributed by atoms with E-state index in [4.69, 9.17) is 5.11 Å². The van der Waals surface area contributed by atoms with Crippen molar-refractivity contribution in [1.29, 1.82) is 0 Å². The van der Waals surface area contributed by atoms with Gasteiger partial charge in [0.1, 0.15) is 11.5 Å². The van der Waals surface area contributed by atoms with Crippen molar-refractivity contribution in [3.8, 4) is 0 Å². The van der Waals surface area contributed by atoms with Gasteiger partial charge in [0.25, 0.3) is 0 Å². The average molecular weight is 263 g/mol. The largest absolute Gasteiger partial charge is 0.476 e. The minimum absolute atomic E-state index is 0.147. The van der Waals surface area contributed by atoms with Crippen molar-refractivity contribution in [2.45, 2.75) is 5.75 Å². The van der Waals surface area contributed by atoms with E-state index in [0.717, 1.165) is 13.2 Å². The summed E-state index contributed by atoms with van der Waals surface area (Å²) in [7, 11) is -2.70. The van der Waals surface area contributed by atoms with Gasteiger partial charge in [0.2, 0.25) is 0 Å².